The second-order valence-corrected chi connectivity index (χ2v) is 4.61. The Morgan fingerprint density at radius 1 is 1.47 bits per heavy atom. The number of halogens is 1. The molecule has 0 saturated heterocycles. The minimum Gasteiger partial charge on any atom is -0.481 e. The number of benzene rings is 1. The van der Waals surface area contributed by atoms with Crippen molar-refractivity contribution in [3.05, 3.63) is 45.3 Å². The monoisotopic (exact) mass is 253 g/mol. The van der Waals surface area contributed by atoms with Gasteiger partial charge in [-0.15, -0.1) is 0 Å². The summed E-state index contributed by atoms with van der Waals surface area (Å²) in [6, 6.07) is 5.64. The van der Waals surface area contributed by atoms with Crippen molar-refractivity contribution < 1.29 is 9.90 Å². The van der Waals surface area contributed by atoms with E-state index in [1.807, 2.05) is 0 Å². The Bertz CT molecular complexity index is 462. The third-order valence-electron chi connectivity index (χ3n) is 2.67. The number of carboxylic acids is 1. The molecule has 0 fully saturated rings. The van der Waals surface area contributed by atoms with Crippen molar-refractivity contribution in [1.82, 2.24) is 0 Å². The molecular weight excluding hydrogens is 242 g/mol. The molecule has 0 bridgehead atoms. The van der Waals surface area contributed by atoms with E-state index in [4.69, 9.17) is 22.2 Å². The average molecular weight is 254 g/mol. The van der Waals surface area contributed by atoms with Gasteiger partial charge in [0.25, 0.3) is 0 Å². The zero-order valence-electron chi connectivity index (χ0n) is 9.46. The predicted molar refractivity (Wildman–Crippen MR) is 65.0 cm³/mol. The fraction of sp³-hybridized carbons (Fsp3) is 0.364. The summed E-state index contributed by atoms with van der Waals surface area (Å²) in [4.78, 5) is 13.7. The van der Waals surface area contributed by atoms with Gasteiger partial charge in [-0.2, -0.15) is 0 Å². The SMILES string of the molecule is CC(C)(c1ccc(Cl)cc1)C(N=[N+]=[N-])C(=O)O. The molecule has 0 spiro atoms. The van der Waals surface area contributed by atoms with Crippen LogP contribution in [-0.2, 0) is 10.2 Å². The van der Waals surface area contributed by atoms with Crippen molar-refractivity contribution in [2.24, 2.45) is 5.11 Å². The van der Waals surface area contributed by atoms with Crippen molar-refractivity contribution in [3.63, 3.8) is 0 Å². The minimum absolute atomic E-state index is 0.570. The van der Waals surface area contributed by atoms with E-state index in [2.05, 4.69) is 10.0 Å². The highest BCUT2D eigenvalue weighted by molar-refractivity contribution is 6.30. The molecule has 0 aromatic heterocycles. The van der Waals surface area contributed by atoms with Crippen LogP contribution < -0.4 is 0 Å². The van der Waals surface area contributed by atoms with E-state index in [-0.39, 0.29) is 0 Å². The standard InChI is InChI=1S/C11H12ClN3O2/c1-11(2,9(10(16)17)14-15-13)7-3-5-8(12)6-4-7/h3-6,9H,1-2H3,(H,16,17). The van der Waals surface area contributed by atoms with Crippen molar-refractivity contribution in [3.8, 4) is 0 Å². The first-order valence-corrected chi connectivity index (χ1v) is 5.30. The molecule has 0 aliphatic heterocycles. The molecule has 0 saturated carbocycles. The third kappa shape index (κ3) is 2.90. The van der Waals surface area contributed by atoms with Crippen LogP contribution in [0.1, 0.15) is 19.4 Å². The second kappa shape index (κ2) is 5.08. The fourth-order valence-corrected chi connectivity index (χ4v) is 1.72. The van der Waals surface area contributed by atoms with Gasteiger partial charge in [-0.25, -0.2) is 0 Å². The lowest BCUT2D eigenvalue weighted by molar-refractivity contribution is -0.140. The van der Waals surface area contributed by atoms with Crippen molar-refractivity contribution in [2.75, 3.05) is 0 Å². The highest BCUT2D eigenvalue weighted by atomic mass is 35.5. The first kappa shape index (κ1) is 13.4. The number of rotatable bonds is 4. The lowest BCUT2D eigenvalue weighted by Crippen LogP contribution is -2.38. The normalized spacial score (nSPS) is 12.6. The van der Waals surface area contributed by atoms with Gasteiger partial charge in [0.05, 0.1) is 0 Å². The summed E-state index contributed by atoms with van der Waals surface area (Å²) >= 11 is 5.77. The van der Waals surface area contributed by atoms with Crippen LogP contribution in [0, 0.1) is 0 Å². The van der Waals surface area contributed by atoms with E-state index in [0.29, 0.717) is 5.02 Å². The maximum absolute atomic E-state index is 11.1. The Balaban J connectivity index is 3.19. The number of nitrogens with zero attached hydrogens (tertiary/aromatic N) is 3. The average Bonchev–Trinajstić information content (AvgIpc) is 2.25. The van der Waals surface area contributed by atoms with Gasteiger partial charge < -0.3 is 5.11 Å². The van der Waals surface area contributed by atoms with E-state index < -0.39 is 17.4 Å². The summed E-state index contributed by atoms with van der Waals surface area (Å²) in [7, 11) is 0. The van der Waals surface area contributed by atoms with Gasteiger partial charge in [-0.3, -0.25) is 4.79 Å². The van der Waals surface area contributed by atoms with Gasteiger partial charge in [0.15, 0.2) is 0 Å². The first-order chi connectivity index (χ1) is 7.89. The third-order valence-corrected chi connectivity index (χ3v) is 2.92. The summed E-state index contributed by atoms with van der Waals surface area (Å²) < 4.78 is 0. The van der Waals surface area contributed by atoms with Crippen LogP contribution in [0.5, 0.6) is 0 Å². The Morgan fingerprint density at radius 3 is 2.41 bits per heavy atom. The molecule has 1 aromatic carbocycles. The molecule has 1 unspecified atom stereocenters. The van der Waals surface area contributed by atoms with Gasteiger partial charge in [0, 0.05) is 15.3 Å². The molecule has 17 heavy (non-hydrogen) atoms. The molecule has 1 atom stereocenters. The van der Waals surface area contributed by atoms with E-state index in [0.717, 1.165) is 5.56 Å². The second-order valence-electron chi connectivity index (χ2n) is 4.17. The van der Waals surface area contributed by atoms with E-state index in [1.54, 1.807) is 38.1 Å². The van der Waals surface area contributed by atoms with Crippen molar-refractivity contribution in [1.29, 1.82) is 0 Å². The van der Waals surface area contributed by atoms with Crippen LogP contribution in [0.3, 0.4) is 0 Å². The molecule has 5 nitrogen and oxygen atoms in total. The molecule has 0 aliphatic rings. The Labute approximate surface area is 104 Å². The Hall–Kier alpha value is -1.71. The largest absolute Gasteiger partial charge is 0.481 e. The van der Waals surface area contributed by atoms with Crippen molar-refractivity contribution >= 4 is 17.6 Å². The van der Waals surface area contributed by atoms with Crippen LogP contribution in [0.4, 0.5) is 0 Å². The maximum atomic E-state index is 11.1. The number of carboxylic acid groups (broad SMARTS) is 1. The molecule has 0 radical (unpaired) electrons. The molecule has 0 amide bonds. The summed E-state index contributed by atoms with van der Waals surface area (Å²) in [5, 5.41) is 13.0. The first-order valence-electron chi connectivity index (χ1n) is 4.92. The van der Waals surface area contributed by atoms with Gasteiger partial charge >= 0.3 is 5.97 Å². The molecule has 90 valence electrons. The van der Waals surface area contributed by atoms with Gasteiger partial charge in [0.1, 0.15) is 6.04 Å². The predicted octanol–water partition coefficient (Wildman–Crippen LogP) is 3.38. The summed E-state index contributed by atoms with van der Waals surface area (Å²) in [6.07, 6.45) is 0. The topological polar surface area (TPSA) is 86.1 Å². The lowest BCUT2D eigenvalue weighted by Gasteiger charge is -2.28. The van der Waals surface area contributed by atoms with Gasteiger partial charge in [-0.05, 0) is 23.2 Å². The Morgan fingerprint density at radius 2 is 2.00 bits per heavy atom. The summed E-state index contributed by atoms with van der Waals surface area (Å²) in [5.74, 6) is -1.15. The van der Waals surface area contributed by atoms with E-state index in [9.17, 15) is 4.79 Å². The molecule has 0 aliphatic carbocycles. The van der Waals surface area contributed by atoms with E-state index in [1.165, 1.54) is 0 Å². The number of hydrogen-bond acceptors (Lipinski definition) is 2. The van der Waals surface area contributed by atoms with Crippen LogP contribution >= 0.6 is 11.6 Å². The molecule has 1 rings (SSSR count). The fourth-order valence-electron chi connectivity index (χ4n) is 1.59. The number of aliphatic carboxylic acids is 1. The van der Waals surface area contributed by atoms with Crippen LogP contribution in [0.25, 0.3) is 10.4 Å². The zero-order valence-corrected chi connectivity index (χ0v) is 10.2. The number of carbonyl (C=O) groups is 1. The van der Waals surface area contributed by atoms with Crippen LogP contribution in [0.2, 0.25) is 5.02 Å². The van der Waals surface area contributed by atoms with Crippen LogP contribution in [0.15, 0.2) is 29.4 Å². The molecule has 1 N–H and O–H groups in total. The van der Waals surface area contributed by atoms with Crippen molar-refractivity contribution in [2.45, 2.75) is 25.3 Å². The van der Waals surface area contributed by atoms with Gasteiger partial charge in [0.2, 0.25) is 0 Å². The van der Waals surface area contributed by atoms with Gasteiger partial charge in [-0.1, -0.05) is 42.7 Å². The smallest absolute Gasteiger partial charge is 0.313 e. The molecule has 6 heteroatoms. The number of hydrogen-bond donors (Lipinski definition) is 1. The summed E-state index contributed by atoms with van der Waals surface area (Å²) in [6.45, 7) is 3.42. The Kier molecular flexibility index (Phi) is 3.99. The summed E-state index contributed by atoms with van der Waals surface area (Å²) in [5.41, 5.74) is 8.36. The van der Waals surface area contributed by atoms with Crippen LogP contribution in [-0.4, -0.2) is 17.1 Å². The molecule has 1 aromatic rings. The van der Waals surface area contributed by atoms with E-state index >= 15 is 0 Å². The minimum atomic E-state index is -1.16. The maximum Gasteiger partial charge on any atom is 0.313 e. The number of azide groups is 1. The molecular formula is C11H12ClN3O2. The highest BCUT2D eigenvalue weighted by Gasteiger charge is 2.36. The quantitative estimate of drug-likeness (QED) is 0.507. The molecule has 0 heterocycles. The highest BCUT2D eigenvalue weighted by Crippen LogP contribution is 2.30. The lowest BCUT2D eigenvalue weighted by atomic mass is 9.78. The zero-order chi connectivity index (χ0) is 13.1.